The number of benzene rings is 6. The van der Waals surface area contributed by atoms with E-state index in [1.165, 1.54) is 11.3 Å². The number of para-hydroxylation sites is 1. The molecule has 0 fully saturated rings. The Hall–Kier alpha value is -6.61. The van der Waals surface area contributed by atoms with Crippen molar-refractivity contribution < 1.29 is 0 Å². The topological polar surface area (TPSA) is 61.1 Å². The lowest BCUT2D eigenvalue weighted by molar-refractivity contribution is 0.664. The van der Waals surface area contributed by atoms with Gasteiger partial charge in [0.05, 0.1) is 21.6 Å². The van der Waals surface area contributed by atoms with Crippen molar-refractivity contribution >= 4 is 43.7 Å². The van der Waals surface area contributed by atoms with Gasteiger partial charge in [0.15, 0.2) is 0 Å². The van der Waals surface area contributed by atoms with Crippen molar-refractivity contribution in [2.75, 3.05) is 0 Å². The zero-order chi connectivity index (χ0) is 34.1. The maximum Gasteiger partial charge on any atom is 0.145 e. The average molecular weight is 671 g/mol. The molecular weight excluding hydrogens is 641 g/mol. The monoisotopic (exact) mass is 670 g/mol. The largest absolute Gasteiger partial charge is 0.360 e. The van der Waals surface area contributed by atoms with E-state index in [1.807, 2.05) is 54.6 Å². The number of aliphatic imine (C=N–C) groups is 1. The van der Waals surface area contributed by atoms with Crippen molar-refractivity contribution in [1.29, 1.82) is 5.26 Å². The molecule has 3 heterocycles. The first-order chi connectivity index (χ1) is 25.2. The number of pyridine rings is 1. The normalized spacial score (nSPS) is 14.1. The van der Waals surface area contributed by atoms with E-state index in [0.717, 1.165) is 82.6 Å². The van der Waals surface area contributed by atoms with Gasteiger partial charge >= 0.3 is 0 Å². The minimum atomic E-state index is -0.184. The number of allylic oxidation sites excluding steroid dienone is 1. The highest BCUT2D eigenvalue weighted by molar-refractivity contribution is 7.21. The third-order valence-electron chi connectivity index (χ3n) is 9.41. The molecule has 1 aliphatic rings. The molecule has 51 heavy (non-hydrogen) atoms. The SMILES string of the molecule is N#Cc1sc2c(-c3ccccc3)nc3ccccc3c2c1-c1ccc(-c2ccc(C3=CC(c4ccccc4)=NC(c4ccccc4)N3)cc2)cc1. The second-order valence-electron chi connectivity index (χ2n) is 12.5. The van der Waals surface area contributed by atoms with Gasteiger partial charge in [-0.05, 0) is 45.5 Å². The summed E-state index contributed by atoms with van der Waals surface area (Å²) in [4.78, 5) is 10.8. The second kappa shape index (κ2) is 13.0. The van der Waals surface area contributed by atoms with Gasteiger partial charge in [0.2, 0.25) is 0 Å². The van der Waals surface area contributed by atoms with Crippen LogP contribution in [0.4, 0.5) is 0 Å². The van der Waals surface area contributed by atoms with Gasteiger partial charge in [-0.2, -0.15) is 5.26 Å². The molecule has 1 atom stereocenters. The van der Waals surface area contributed by atoms with Gasteiger partial charge in [-0.1, -0.05) is 158 Å². The first-order valence-electron chi connectivity index (χ1n) is 16.9. The fraction of sp³-hybridized carbons (Fsp3) is 0.0217. The van der Waals surface area contributed by atoms with E-state index < -0.39 is 0 Å². The molecule has 5 heteroatoms. The molecule has 240 valence electrons. The number of fused-ring (bicyclic) bond motifs is 3. The van der Waals surface area contributed by atoms with Crippen molar-refractivity contribution in [1.82, 2.24) is 10.3 Å². The summed E-state index contributed by atoms with van der Waals surface area (Å²) in [5.41, 5.74) is 12.4. The lowest BCUT2D eigenvalue weighted by Crippen LogP contribution is -2.24. The zero-order valence-electron chi connectivity index (χ0n) is 27.5. The summed E-state index contributed by atoms with van der Waals surface area (Å²) in [7, 11) is 0. The summed E-state index contributed by atoms with van der Waals surface area (Å²) in [6.45, 7) is 0. The van der Waals surface area contributed by atoms with Gasteiger partial charge < -0.3 is 5.32 Å². The Kier molecular flexibility index (Phi) is 7.77. The van der Waals surface area contributed by atoms with Gasteiger partial charge in [0.25, 0.3) is 0 Å². The van der Waals surface area contributed by atoms with Crippen LogP contribution in [-0.2, 0) is 0 Å². The Morgan fingerprint density at radius 3 is 1.80 bits per heavy atom. The standard InChI is InChI=1S/C46H30N4S/c47-29-41-42(43-37-18-10-11-19-38(37)48-44(45(43)51-41)35-14-6-2-7-15-35)34-26-22-31(23-27-34)30-20-24-33(25-21-30)40-28-39(32-12-4-1-5-13-32)49-46(50-40)36-16-8-3-9-17-36/h1-28,46,50H. The predicted molar refractivity (Wildman–Crippen MR) is 211 cm³/mol. The van der Waals surface area contributed by atoms with Crippen LogP contribution in [0.5, 0.6) is 0 Å². The molecule has 1 N–H and O–H groups in total. The second-order valence-corrected chi connectivity index (χ2v) is 13.5. The molecule has 0 bridgehead atoms. The maximum absolute atomic E-state index is 10.4. The maximum atomic E-state index is 10.4. The molecule has 0 radical (unpaired) electrons. The summed E-state index contributed by atoms with van der Waals surface area (Å²) in [5.74, 6) is 0. The molecule has 1 unspecified atom stereocenters. The highest BCUT2D eigenvalue weighted by Gasteiger charge is 2.22. The lowest BCUT2D eigenvalue weighted by Gasteiger charge is -2.25. The molecule has 0 saturated heterocycles. The molecule has 4 nitrogen and oxygen atoms in total. The number of rotatable bonds is 6. The summed E-state index contributed by atoms with van der Waals surface area (Å²) in [5, 5.41) is 16.2. The van der Waals surface area contributed by atoms with E-state index in [1.54, 1.807) is 0 Å². The molecule has 0 aliphatic carbocycles. The van der Waals surface area contributed by atoms with E-state index in [4.69, 9.17) is 9.98 Å². The smallest absolute Gasteiger partial charge is 0.145 e. The number of nitrogens with one attached hydrogen (secondary N) is 1. The van der Waals surface area contributed by atoms with Crippen molar-refractivity contribution in [3.63, 3.8) is 0 Å². The van der Waals surface area contributed by atoms with E-state index in [2.05, 4.69) is 127 Å². The van der Waals surface area contributed by atoms with Gasteiger partial charge in [0, 0.05) is 27.6 Å². The quantitative estimate of drug-likeness (QED) is 0.191. The van der Waals surface area contributed by atoms with Crippen LogP contribution in [0, 0.1) is 11.3 Å². The Morgan fingerprint density at radius 2 is 1.14 bits per heavy atom. The van der Waals surface area contributed by atoms with Crippen molar-refractivity contribution in [2.45, 2.75) is 6.17 Å². The van der Waals surface area contributed by atoms with Crippen LogP contribution in [0.3, 0.4) is 0 Å². The average Bonchev–Trinajstić information content (AvgIpc) is 3.62. The Bertz CT molecular complexity index is 2630. The van der Waals surface area contributed by atoms with E-state index in [9.17, 15) is 5.26 Å². The molecular formula is C46H30N4S. The highest BCUT2D eigenvalue weighted by atomic mass is 32.1. The fourth-order valence-electron chi connectivity index (χ4n) is 6.89. The molecule has 6 aromatic carbocycles. The van der Waals surface area contributed by atoms with Crippen LogP contribution < -0.4 is 5.32 Å². The number of hydrogen-bond donors (Lipinski definition) is 1. The summed E-state index contributed by atoms with van der Waals surface area (Å²) < 4.78 is 1.03. The lowest BCUT2D eigenvalue weighted by atomic mass is 9.95. The minimum Gasteiger partial charge on any atom is -0.360 e. The van der Waals surface area contributed by atoms with Crippen LogP contribution in [0.25, 0.3) is 60.2 Å². The fourth-order valence-corrected chi connectivity index (χ4v) is 8.03. The van der Waals surface area contributed by atoms with E-state index >= 15 is 0 Å². The summed E-state index contributed by atoms with van der Waals surface area (Å²) in [6, 6.07) is 58.9. The Labute approximate surface area is 300 Å². The molecule has 0 amide bonds. The van der Waals surface area contributed by atoms with Crippen LogP contribution in [-0.4, -0.2) is 10.7 Å². The Balaban J connectivity index is 1.07. The first-order valence-corrected chi connectivity index (χ1v) is 17.7. The van der Waals surface area contributed by atoms with Crippen molar-refractivity contribution in [3.05, 3.63) is 191 Å². The van der Waals surface area contributed by atoms with Crippen LogP contribution in [0.2, 0.25) is 0 Å². The molecule has 0 saturated carbocycles. The van der Waals surface area contributed by atoms with Crippen LogP contribution >= 0.6 is 11.3 Å². The number of nitriles is 1. The first kappa shape index (κ1) is 30.4. The molecule has 2 aromatic heterocycles. The van der Waals surface area contributed by atoms with E-state index in [-0.39, 0.29) is 6.17 Å². The third-order valence-corrected chi connectivity index (χ3v) is 10.5. The van der Waals surface area contributed by atoms with Crippen molar-refractivity contribution in [3.8, 4) is 39.6 Å². The van der Waals surface area contributed by atoms with E-state index in [0.29, 0.717) is 4.88 Å². The van der Waals surface area contributed by atoms with Gasteiger partial charge in [0.1, 0.15) is 17.1 Å². The molecule has 0 spiro atoms. The van der Waals surface area contributed by atoms with Gasteiger partial charge in [-0.25, -0.2) is 4.98 Å². The number of hydrogen-bond acceptors (Lipinski definition) is 5. The molecule has 9 rings (SSSR count). The zero-order valence-corrected chi connectivity index (χ0v) is 28.3. The highest BCUT2D eigenvalue weighted by Crippen LogP contribution is 2.45. The number of thiophene rings is 1. The number of aromatic nitrogens is 1. The van der Waals surface area contributed by atoms with Gasteiger partial charge in [-0.15, -0.1) is 11.3 Å². The number of nitrogens with zero attached hydrogens (tertiary/aromatic N) is 3. The van der Waals surface area contributed by atoms with Crippen molar-refractivity contribution in [2.24, 2.45) is 4.99 Å². The third kappa shape index (κ3) is 5.68. The van der Waals surface area contributed by atoms with Crippen LogP contribution in [0.15, 0.2) is 175 Å². The summed E-state index contributed by atoms with van der Waals surface area (Å²) in [6.07, 6.45) is 1.95. The molecule has 1 aliphatic heterocycles. The Morgan fingerprint density at radius 1 is 0.569 bits per heavy atom. The van der Waals surface area contributed by atoms with Crippen LogP contribution in [0.1, 0.15) is 27.7 Å². The predicted octanol–water partition coefficient (Wildman–Crippen LogP) is 11.5. The summed E-state index contributed by atoms with van der Waals surface area (Å²) >= 11 is 1.52. The minimum absolute atomic E-state index is 0.184. The van der Waals surface area contributed by atoms with Gasteiger partial charge in [-0.3, -0.25) is 4.99 Å². The molecule has 8 aromatic rings.